The highest BCUT2D eigenvalue weighted by molar-refractivity contribution is 5.84. The van der Waals surface area contributed by atoms with E-state index in [0.717, 1.165) is 66.6 Å². The summed E-state index contributed by atoms with van der Waals surface area (Å²) in [5, 5.41) is 19.1. The molecule has 3 aliphatic rings. The molecule has 3 fully saturated rings. The number of ether oxygens (including phenoxy) is 1. The van der Waals surface area contributed by atoms with E-state index in [1.165, 1.54) is 32.1 Å². The van der Waals surface area contributed by atoms with Crippen molar-refractivity contribution in [1.82, 2.24) is 15.0 Å². The van der Waals surface area contributed by atoms with Crippen molar-refractivity contribution in [3.8, 4) is 5.75 Å². The molecule has 1 aromatic heterocycles. The molecule has 1 N–H and O–H groups in total. The summed E-state index contributed by atoms with van der Waals surface area (Å²) in [6.45, 7) is 6.79. The molecule has 0 amide bonds. The number of aliphatic hydroxyl groups is 1. The van der Waals surface area contributed by atoms with Crippen molar-refractivity contribution in [1.29, 1.82) is 0 Å². The molecule has 0 bridgehead atoms. The fourth-order valence-corrected chi connectivity index (χ4v) is 8.15. The van der Waals surface area contributed by atoms with E-state index in [9.17, 15) is 9.90 Å². The van der Waals surface area contributed by atoms with E-state index in [2.05, 4.69) is 24.2 Å². The summed E-state index contributed by atoms with van der Waals surface area (Å²) in [5.41, 5.74) is 1.23. The molecule has 6 heteroatoms. The van der Waals surface area contributed by atoms with E-state index in [-0.39, 0.29) is 11.3 Å². The number of methoxy groups -OCH3 is 1. The maximum atomic E-state index is 13.7. The quantitative estimate of drug-likeness (QED) is 0.515. The topological polar surface area (TPSA) is 77.2 Å². The minimum Gasteiger partial charge on any atom is -0.497 e. The molecule has 0 aliphatic heterocycles. The van der Waals surface area contributed by atoms with Gasteiger partial charge < -0.3 is 9.84 Å². The van der Waals surface area contributed by atoms with Gasteiger partial charge in [-0.25, -0.2) is 4.68 Å². The number of aromatic nitrogens is 3. The molecule has 1 heterocycles. The third kappa shape index (κ3) is 4.52. The van der Waals surface area contributed by atoms with Gasteiger partial charge in [-0.1, -0.05) is 31.9 Å². The third-order valence-corrected chi connectivity index (χ3v) is 10.4. The standard InChI is InChI=1S/C29H43N3O3/c1-5-28(2,34)15-13-19-7-6-8-22-21(19)14-16-29(3)23(22)10-11-24(29)27(33)18-32-26-17-20(35-4)9-12-25(26)30-31-32/h9,12,17,19,21-24,34H,5-8,10-11,13-16,18H2,1-4H3. The van der Waals surface area contributed by atoms with Crippen LogP contribution in [0.15, 0.2) is 18.2 Å². The van der Waals surface area contributed by atoms with Crippen molar-refractivity contribution in [2.75, 3.05) is 7.11 Å². The summed E-state index contributed by atoms with van der Waals surface area (Å²) in [5.74, 6) is 4.09. The predicted molar refractivity (Wildman–Crippen MR) is 137 cm³/mol. The third-order valence-electron chi connectivity index (χ3n) is 10.4. The normalized spacial score (nSPS) is 34.3. The lowest BCUT2D eigenvalue weighted by atomic mass is 9.52. The number of hydrogen-bond donors (Lipinski definition) is 1. The summed E-state index contributed by atoms with van der Waals surface area (Å²) < 4.78 is 7.13. The van der Waals surface area contributed by atoms with E-state index in [1.54, 1.807) is 11.8 Å². The first-order valence-corrected chi connectivity index (χ1v) is 13.9. The Balaban J connectivity index is 1.29. The Morgan fingerprint density at radius 1 is 1.23 bits per heavy atom. The van der Waals surface area contributed by atoms with Crippen LogP contribution in [-0.4, -0.2) is 38.6 Å². The summed E-state index contributed by atoms with van der Waals surface area (Å²) in [6.07, 6.45) is 11.4. The van der Waals surface area contributed by atoms with E-state index < -0.39 is 5.60 Å². The molecule has 7 atom stereocenters. The Hall–Kier alpha value is -1.95. The predicted octanol–water partition coefficient (Wildman–Crippen LogP) is 5.81. The van der Waals surface area contributed by atoms with Crippen LogP contribution in [-0.2, 0) is 11.3 Å². The Labute approximate surface area is 209 Å². The van der Waals surface area contributed by atoms with Crippen molar-refractivity contribution in [2.45, 2.75) is 97.1 Å². The first kappa shape index (κ1) is 24.7. The van der Waals surface area contributed by atoms with Gasteiger partial charge in [0, 0.05) is 12.0 Å². The number of hydrogen-bond acceptors (Lipinski definition) is 5. The van der Waals surface area contributed by atoms with Gasteiger partial charge in [0.2, 0.25) is 0 Å². The molecule has 0 radical (unpaired) electrons. The van der Waals surface area contributed by atoms with E-state index >= 15 is 0 Å². The highest BCUT2D eigenvalue weighted by Gasteiger charge is 2.57. The Kier molecular flexibility index (Phi) is 6.71. The van der Waals surface area contributed by atoms with Crippen LogP contribution < -0.4 is 4.74 Å². The molecule has 0 saturated heterocycles. The van der Waals surface area contributed by atoms with Gasteiger partial charge >= 0.3 is 0 Å². The fourth-order valence-electron chi connectivity index (χ4n) is 8.15. The van der Waals surface area contributed by atoms with E-state index in [1.807, 2.05) is 25.1 Å². The van der Waals surface area contributed by atoms with Gasteiger partial charge in [0.25, 0.3) is 0 Å². The minimum absolute atomic E-state index is 0.100. The highest BCUT2D eigenvalue weighted by Crippen LogP contribution is 2.63. The number of carbonyl (C=O) groups excluding carboxylic acids is 1. The summed E-state index contributed by atoms with van der Waals surface area (Å²) in [6, 6.07) is 5.70. The van der Waals surface area contributed by atoms with Crippen molar-refractivity contribution < 1.29 is 14.6 Å². The van der Waals surface area contributed by atoms with Crippen molar-refractivity contribution in [2.24, 2.45) is 35.0 Å². The molecule has 3 saturated carbocycles. The van der Waals surface area contributed by atoms with Crippen LogP contribution >= 0.6 is 0 Å². The number of ketones is 1. The second-order valence-corrected chi connectivity index (χ2v) is 12.3. The van der Waals surface area contributed by atoms with Gasteiger partial charge in [-0.2, -0.15) is 0 Å². The molecule has 3 aliphatic carbocycles. The number of nitrogens with zero attached hydrogens (tertiary/aromatic N) is 3. The van der Waals surface area contributed by atoms with Gasteiger partial charge in [0.1, 0.15) is 17.8 Å². The van der Waals surface area contributed by atoms with Crippen molar-refractivity contribution >= 4 is 16.8 Å². The zero-order valence-electron chi connectivity index (χ0n) is 22.0. The van der Waals surface area contributed by atoms with Gasteiger partial charge in [-0.05, 0) is 99.5 Å². The number of benzene rings is 1. The van der Waals surface area contributed by atoms with Crippen LogP contribution in [0.3, 0.4) is 0 Å². The maximum absolute atomic E-state index is 13.7. The SMILES string of the molecule is CCC(C)(O)CCC1CCCC2C1CCC1(C)C(C(=O)Cn3nnc4ccc(OC)cc43)CCC21. The summed E-state index contributed by atoms with van der Waals surface area (Å²) in [7, 11) is 1.65. The molecule has 0 spiro atoms. The van der Waals surface area contributed by atoms with Gasteiger partial charge in [0.15, 0.2) is 5.78 Å². The molecular weight excluding hydrogens is 438 g/mol. The van der Waals surface area contributed by atoms with Crippen molar-refractivity contribution in [3.63, 3.8) is 0 Å². The zero-order valence-corrected chi connectivity index (χ0v) is 22.0. The molecule has 5 rings (SSSR count). The number of carbonyl (C=O) groups is 1. The Morgan fingerprint density at radius 3 is 2.83 bits per heavy atom. The largest absolute Gasteiger partial charge is 0.497 e. The lowest BCUT2D eigenvalue weighted by Gasteiger charge is -2.53. The molecule has 35 heavy (non-hydrogen) atoms. The molecule has 2 aromatic rings. The zero-order chi connectivity index (χ0) is 24.8. The van der Waals surface area contributed by atoms with Crippen LogP contribution in [0.1, 0.15) is 85.0 Å². The van der Waals surface area contributed by atoms with Crippen LogP contribution in [0.4, 0.5) is 0 Å². The van der Waals surface area contributed by atoms with Crippen LogP contribution in [0.2, 0.25) is 0 Å². The number of fused-ring (bicyclic) bond motifs is 4. The number of rotatable bonds is 8. The molecule has 192 valence electrons. The Morgan fingerprint density at radius 2 is 2.06 bits per heavy atom. The first-order valence-electron chi connectivity index (χ1n) is 13.9. The smallest absolute Gasteiger partial charge is 0.157 e. The van der Waals surface area contributed by atoms with E-state index in [0.29, 0.717) is 18.2 Å². The second-order valence-electron chi connectivity index (χ2n) is 12.3. The average molecular weight is 482 g/mol. The lowest BCUT2D eigenvalue weighted by molar-refractivity contribution is -0.130. The Bertz CT molecular complexity index is 1060. The van der Waals surface area contributed by atoms with E-state index in [4.69, 9.17) is 4.74 Å². The number of Topliss-reactive ketones (excluding diaryl/α,β-unsaturated/α-hetero) is 1. The summed E-state index contributed by atoms with van der Waals surface area (Å²) >= 11 is 0. The molecular formula is C29H43N3O3. The van der Waals surface area contributed by atoms with Crippen LogP contribution in [0, 0.1) is 35.0 Å². The van der Waals surface area contributed by atoms with Gasteiger partial charge in [-0.3, -0.25) is 4.79 Å². The molecule has 6 nitrogen and oxygen atoms in total. The monoisotopic (exact) mass is 481 g/mol. The van der Waals surface area contributed by atoms with Crippen molar-refractivity contribution in [3.05, 3.63) is 18.2 Å². The average Bonchev–Trinajstić information content (AvgIpc) is 3.42. The highest BCUT2D eigenvalue weighted by atomic mass is 16.5. The minimum atomic E-state index is -0.531. The summed E-state index contributed by atoms with van der Waals surface area (Å²) in [4.78, 5) is 13.7. The van der Waals surface area contributed by atoms with Crippen LogP contribution in [0.25, 0.3) is 11.0 Å². The first-order chi connectivity index (χ1) is 16.8. The van der Waals surface area contributed by atoms with Gasteiger partial charge in [0.05, 0.1) is 18.2 Å². The fraction of sp³-hybridized carbons (Fsp3) is 0.759. The van der Waals surface area contributed by atoms with Gasteiger partial charge in [-0.15, -0.1) is 5.10 Å². The molecule has 1 aromatic carbocycles. The lowest BCUT2D eigenvalue weighted by Crippen LogP contribution is -2.47. The maximum Gasteiger partial charge on any atom is 0.157 e. The molecule has 7 unspecified atom stereocenters. The van der Waals surface area contributed by atoms with Crippen LogP contribution in [0.5, 0.6) is 5.75 Å². The second kappa shape index (κ2) is 9.49.